The molecule has 0 spiro atoms. The van der Waals surface area contributed by atoms with E-state index in [1.54, 1.807) is 24.3 Å². The van der Waals surface area contributed by atoms with Crippen LogP contribution in [0.25, 0.3) is 0 Å². The largest absolute Gasteiger partial charge is 0.338 e. The topological polar surface area (TPSA) is 66.5 Å². The summed E-state index contributed by atoms with van der Waals surface area (Å²) in [6.07, 6.45) is 3.29. The maximum Gasteiger partial charge on any atom is 0.261 e. The summed E-state index contributed by atoms with van der Waals surface area (Å²) in [7, 11) is -3.68. The van der Waals surface area contributed by atoms with Crippen LogP contribution in [0.15, 0.2) is 53.4 Å². The van der Waals surface area contributed by atoms with E-state index < -0.39 is 10.0 Å². The van der Waals surface area contributed by atoms with Crippen LogP contribution in [0.1, 0.15) is 42.1 Å². The zero-order valence-electron chi connectivity index (χ0n) is 15.8. The number of hydrogen-bond donors (Lipinski definition) is 1. The summed E-state index contributed by atoms with van der Waals surface area (Å²) in [5.41, 5.74) is 2.10. The third-order valence-corrected chi connectivity index (χ3v) is 6.07. The number of amides is 1. The first-order valence-corrected chi connectivity index (χ1v) is 10.9. The molecule has 5 nitrogen and oxygen atoms in total. The average molecular weight is 387 g/mol. The van der Waals surface area contributed by atoms with Crippen molar-refractivity contribution in [2.24, 2.45) is 5.92 Å². The van der Waals surface area contributed by atoms with E-state index in [0.717, 1.165) is 25.1 Å². The monoisotopic (exact) mass is 386 g/mol. The molecule has 2 aromatic rings. The predicted molar refractivity (Wildman–Crippen MR) is 107 cm³/mol. The van der Waals surface area contributed by atoms with Crippen molar-refractivity contribution >= 4 is 21.6 Å². The predicted octanol–water partition coefficient (Wildman–Crippen LogP) is 4.06. The molecule has 0 unspecified atom stereocenters. The highest BCUT2D eigenvalue weighted by atomic mass is 32.2. The minimum atomic E-state index is -3.68. The molecule has 2 aromatic carbocycles. The van der Waals surface area contributed by atoms with Gasteiger partial charge in [-0.05, 0) is 68.5 Å². The van der Waals surface area contributed by atoms with E-state index in [4.69, 9.17) is 0 Å². The summed E-state index contributed by atoms with van der Waals surface area (Å²) in [5.74, 6) is 0.595. The van der Waals surface area contributed by atoms with E-state index in [1.807, 2.05) is 24.0 Å². The number of benzene rings is 2. The third-order valence-electron chi connectivity index (χ3n) is 4.67. The molecule has 1 saturated carbocycles. The molecule has 0 saturated heterocycles. The van der Waals surface area contributed by atoms with Gasteiger partial charge < -0.3 is 4.90 Å². The zero-order chi connectivity index (χ0) is 19.4. The van der Waals surface area contributed by atoms with Crippen LogP contribution in [0.4, 0.5) is 5.69 Å². The first-order chi connectivity index (χ1) is 12.9. The number of carbonyl (C=O) groups excluding carboxylic acids is 1. The standard InChI is InChI=1S/C21H26N2O3S/c1-3-14-23(15-17-6-7-17)21(24)18-8-12-20(13-9-18)27(25,26)22-19-10-4-16(2)5-11-19/h4-5,8-13,17,22H,3,6-7,14-15H2,1-2H3. The normalized spacial score (nSPS) is 14.0. The Morgan fingerprint density at radius 1 is 1.07 bits per heavy atom. The number of hydrogen-bond acceptors (Lipinski definition) is 3. The van der Waals surface area contributed by atoms with Crippen molar-refractivity contribution in [1.82, 2.24) is 4.90 Å². The van der Waals surface area contributed by atoms with Crippen LogP contribution in [0.2, 0.25) is 0 Å². The molecule has 0 atom stereocenters. The second-order valence-corrected chi connectivity index (χ2v) is 8.87. The molecule has 1 fully saturated rings. The number of nitrogens with zero attached hydrogens (tertiary/aromatic N) is 1. The lowest BCUT2D eigenvalue weighted by Crippen LogP contribution is -2.33. The number of anilines is 1. The van der Waals surface area contributed by atoms with Gasteiger partial charge in [0, 0.05) is 24.3 Å². The Balaban J connectivity index is 1.73. The summed E-state index contributed by atoms with van der Waals surface area (Å²) in [6, 6.07) is 13.3. The van der Waals surface area contributed by atoms with Crippen molar-refractivity contribution in [3.8, 4) is 0 Å². The quantitative estimate of drug-likeness (QED) is 0.744. The van der Waals surface area contributed by atoms with Crippen molar-refractivity contribution in [1.29, 1.82) is 0 Å². The van der Waals surface area contributed by atoms with E-state index >= 15 is 0 Å². The van der Waals surface area contributed by atoms with Gasteiger partial charge in [-0.15, -0.1) is 0 Å². The van der Waals surface area contributed by atoms with Crippen LogP contribution in [0.3, 0.4) is 0 Å². The average Bonchev–Trinajstić information content (AvgIpc) is 3.47. The van der Waals surface area contributed by atoms with Crippen molar-refractivity contribution in [3.05, 3.63) is 59.7 Å². The van der Waals surface area contributed by atoms with Gasteiger partial charge in [-0.1, -0.05) is 24.6 Å². The molecule has 3 rings (SSSR count). The number of aryl methyl sites for hydroxylation is 1. The van der Waals surface area contributed by atoms with Crippen molar-refractivity contribution in [3.63, 3.8) is 0 Å². The summed E-state index contributed by atoms with van der Waals surface area (Å²) >= 11 is 0. The van der Waals surface area contributed by atoms with E-state index in [-0.39, 0.29) is 10.8 Å². The van der Waals surface area contributed by atoms with Gasteiger partial charge in [0.05, 0.1) is 4.90 Å². The summed E-state index contributed by atoms with van der Waals surface area (Å²) in [5, 5.41) is 0. The molecule has 0 bridgehead atoms. The Bertz CT molecular complexity index is 886. The summed E-state index contributed by atoms with van der Waals surface area (Å²) in [4.78, 5) is 14.8. The van der Waals surface area contributed by atoms with Crippen molar-refractivity contribution in [2.75, 3.05) is 17.8 Å². The van der Waals surface area contributed by atoms with Crippen LogP contribution in [-0.4, -0.2) is 32.3 Å². The molecule has 0 heterocycles. The Hall–Kier alpha value is -2.34. The second-order valence-electron chi connectivity index (χ2n) is 7.19. The van der Waals surface area contributed by atoms with Gasteiger partial charge in [-0.3, -0.25) is 9.52 Å². The highest BCUT2D eigenvalue weighted by Gasteiger charge is 2.27. The van der Waals surface area contributed by atoms with E-state index in [2.05, 4.69) is 11.6 Å². The van der Waals surface area contributed by atoms with E-state index in [0.29, 0.717) is 17.2 Å². The summed E-state index contributed by atoms with van der Waals surface area (Å²) in [6.45, 7) is 5.52. The fourth-order valence-corrected chi connectivity index (χ4v) is 4.01. The minimum Gasteiger partial charge on any atom is -0.338 e. The summed E-state index contributed by atoms with van der Waals surface area (Å²) < 4.78 is 27.7. The van der Waals surface area contributed by atoms with Gasteiger partial charge in [0.2, 0.25) is 0 Å². The van der Waals surface area contributed by atoms with Crippen LogP contribution in [0, 0.1) is 12.8 Å². The maximum absolute atomic E-state index is 12.7. The number of nitrogens with one attached hydrogen (secondary N) is 1. The third kappa shape index (κ3) is 5.10. The van der Waals surface area contributed by atoms with Gasteiger partial charge in [0.15, 0.2) is 0 Å². The first kappa shape index (κ1) is 19.4. The smallest absolute Gasteiger partial charge is 0.261 e. The lowest BCUT2D eigenvalue weighted by Gasteiger charge is -2.22. The van der Waals surface area contributed by atoms with Gasteiger partial charge in [-0.25, -0.2) is 8.42 Å². The lowest BCUT2D eigenvalue weighted by atomic mass is 10.2. The fourth-order valence-electron chi connectivity index (χ4n) is 2.95. The van der Waals surface area contributed by atoms with Crippen LogP contribution in [-0.2, 0) is 10.0 Å². The van der Waals surface area contributed by atoms with Crippen molar-refractivity contribution < 1.29 is 13.2 Å². The number of rotatable bonds is 8. The SMILES string of the molecule is CCCN(CC1CC1)C(=O)c1ccc(S(=O)(=O)Nc2ccc(C)cc2)cc1. The molecule has 27 heavy (non-hydrogen) atoms. The number of carbonyl (C=O) groups is 1. The molecule has 0 aromatic heterocycles. The van der Waals surface area contributed by atoms with E-state index in [1.165, 1.54) is 25.0 Å². The van der Waals surface area contributed by atoms with Crippen LogP contribution >= 0.6 is 0 Å². The molecule has 1 aliphatic carbocycles. The molecule has 1 N–H and O–H groups in total. The van der Waals surface area contributed by atoms with Gasteiger partial charge in [-0.2, -0.15) is 0 Å². The second kappa shape index (κ2) is 8.13. The molecule has 0 aliphatic heterocycles. The zero-order valence-corrected chi connectivity index (χ0v) is 16.6. The molecule has 1 amide bonds. The number of sulfonamides is 1. The molecule has 6 heteroatoms. The van der Waals surface area contributed by atoms with Gasteiger partial charge >= 0.3 is 0 Å². The minimum absolute atomic E-state index is 0.0285. The fraction of sp³-hybridized carbons (Fsp3) is 0.381. The molecular formula is C21H26N2O3S. The van der Waals surface area contributed by atoms with Gasteiger partial charge in [0.1, 0.15) is 0 Å². The van der Waals surface area contributed by atoms with Crippen LogP contribution in [0.5, 0.6) is 0 Å². The Kier molecular flexibility index (Phi) is 5.85. The maximum atomic E-state index is 12.7. The Morgan fingerprint density at radius 3 is 2.26 bits per heavy atom. The van der Waals surface area contributed by atoms with E-state index in [9.17, 15) is 13.2 Å². The molecule has 144 valence electrons. The Labute approximate surface area is 161 Å². The lowest BCUT2D eigenvalue weighted by molar-refractivity contribution is 0.0747. The van der Waals surface area contributed by atoms with Gasteiger partial charge in [0.25, 0.3) is 15.9 Å². The van der Waals surface area contributed by atoms with Crippen LogP contribution < -0.4 is 4.72 Å². The highest BCUT2D eigenvalue weighted by molar-refractivity contribution is 7.92. The highest BCUT2D eigenvalue weighted by Crippen LogP contribution is 2.30. The molecule has 1 aliphatic rings. The molecular weight excluding hydrogens is 360 g/mol. The first-order valence-electron chi connectivity index (χ1n) is 9.38. The van der Waals surface area contributed by atoms with Crippen molar-refractivity contribution in [2.45, 2.75) is 38.0 Å². The Morgan fingerprint density at radius 2 is 1.70 bits per heavy atom. The molecule has 0 radical (unpaired) electrons.